The number of hydrogen-bond acceptors (Lipinski definition) is 3. The van der Waals surface area contributed by atoms with Crippen molar-refractivity contribution in [3.05, 3.63) is 54.2 Å². The topological polar surface area (TPSA) is 68.9 Å². The van der Waals surface area contributed by atoms with Crippen LogP contribution >= 0.6 is 0 Å². The molecule has 0 saturated carbocycles. The second-order valence-corrected chi connectivity index (χ2v) is 5.16. The van der Waals surface area contributed by atoms with Crippen molar-refractivity contribution in [1.29, 1.82) is 0 Å². The van der Waals surface area contributed by atoms with Crippen LogP contribution in [0.1, 0.15) is 24.5 Å². The maximum atomic E-state index is 12.5. The standard InChI is InChI=1S/C16H15F3N3O/c1-10(14(20)23)2-3-11-8-21-15(22-9-11)12-4-6-13(7-5-12)16(17,18)19/h3-10H,2H2,1H3,(H2,20,23)/t10-/m0/s1. The number of carbonyl (C=O) groups excluding carboxylic acids is 1. The van der Waals surface area contributed by atoms with E-state index in [4.69, 9.17) is 5.73 Å². The Kier molecular flexibility index (Phi) is 4.98. The van der Waals surface area contributed by atoms with Crippen LogP contribution in [0.5, 0.6) is 0 Å². The molecule has 1 aromatic heterocycles. The van der Waals surface area contributed by atoms with Crippen molar-refractivity contribution >= 4 is 5.91 Å². The zero-order chi connectivity index (χ0) is 17.0. The van der Waals surface area contributed by atoms with Crippen LogP contribution in [-0.4, -0.2) is 15.9 Å². The molecule has 7 heteroatoms. The molecule has 2 N–H and O–H groups in total. The summed E-state index contributed by atoms with van der Waals surface area (Å²) in [4.78, 5) is 19.2. The van der Waals surface area contributed by atoms with Gasteiger partial charge in [-0.15, -0.1) is 0 Å². The molecule has 0 bridgehead atoms. The van der Waals surface area contributed by atoms with Crippen molar-refractivity contribution in [3.63, 3.8) is 0 Å². The smallest absolute Gasteiger partial charge is 0.369 e. The van der Waals surface area contributed by atoms with Crippen molar-refractivity contribution in [2.45, 2.75) is 19.5 Å². The number of nitrogens with zero attached hydrogens (tertiary/aromatic N) is 2. The number of benzene rings is 1. The third-order valence-electron chi connectivity index (χ3n) is 3.34. The molecule has 121 valence electrons. The number of amides is 1. The Labute approximate surface area is 131 Å². The Hall–Kier alpha value is -2.44. The maximum Gasteiger partial charge on any atom is 0.416 e. The molecule has 1 aromatic carbocycles. The highest BCUT2D eigenvalue weighted by atomic mass is 19.4. The Morgan fingerprint density at radius 1 is 1.22 bits per heavy atom. The molecule has 4 nitrogen and oxygen atoms in total. The zero-order valence-corrected chi connectivity index (χ0v) is 12.3. The molecule has 1 heterocycles. The molecule has 0 unspecified atom stereocenters. The van der Waals surface area contributed by atoms with Crippen LogP contribution in [0.4, 0.5) is 13.2 Å². The van der Waals surface area contributed by atoms with Crippen LogP contribution in [0.2, 0.25) is 0 Å². The Morgan fingerprint density at radius 2 is 1.78 bits per heavy atom. The molecule has 1 radical (unpaired) electrons. The van der Waals surface area contributed by atoms with Gasteiger partial charge in [-0.05, 0) is 30.5 Å². The zero-order valence-electron chi connectivity index (χ0n) is 12.3. The van der Waals surface area contributed by atoms with Gasteiger partial charge in [0.2, 0.25) is 5.91 Å². The van der Waals surface area contributed by atoms with Gasteiger partial charge in [0.15, 0.2) is 5.82 Å². The van der Waals surface area contributed by atoms with E-state index < -0.39 is 11.7 Å². The van der Waals surface area contributed by atoms with Crippen molar-refractivity contribution in [2.24, 2.45) is 11.7 Å². The first-order valence-corrected chi connectivity index (χ1v) is 6.89. The molecule has 2 rings (SSSR count). The van der Waals surface area contributed by atoms with E-state index in [2.05, 4.69) is 9.97 Å². The van der Waals surface area contributed by atoms with Crippen molar-refractivity contribution in [3.8, 4) is 11.4 Å². The Morgan fingerprint density at radius 3 is 2.26 bits per heavy atom. The lowest BCUT2D eigenvalue weighted by atomic mass is 10.0. The third kappa shape index (κ3) is 4.51. The summed E-state index contributed by atoms with van der Waals surface area (Å²) in [5, 5.41) is 0. The van der Waals surface area contributed by atoms with E-state index in [-0.39, 0.29) is 11.8 Å². The lowest BCUT2D eigenvalue weighted by Gasteiger charge is -2.08. The number of alkyl halides is 3. The molecule has 1 amide bonds. The Balaban J connectivity index is 2.06. The van der Waals surface area contributed by atoms with Crippen LogP contribution in [0.15, 0.2) is 36.7 Å². The van der Waals surface area contributed by atoms with E-state index in [1.807, 2.05) is 0 Å². The number of hydrogen-bond donors (Lipinski definition) is 1. The predicted octanol–water partition coefficient (Wildman–Crippen LogP) is 3.23. The largest absolute Gasteiger partial charge is 0.416 e. The van der Waals surface area contributed by atoms with Gasteiger partial charge < -0.3 is 5.73 Å². The SMILES string of the molecule is C[C@@H](C[CH]c1cnc(-c2ccc(C(F)(F)F)cc2)nc1)C(N)=O. The van der Waals surface area contributed by atoms with Gasteiger partial charge in [0, 0.05) is 23.9 Å². The van der Waals surface area contributed by atoms with Crippen molar-refractivity contribution in [1.82, 2.24) is 9.97 Å². The van der Waals surface area contributed by atoms with Gasteiger partial charge >= 0.3 is 6.18 Å². The first-order valence-electron chi connectivity index (χ1n) is 6.89. The summed E-state index contributed by atoms with van der Waals surface area (Å²) in [6.45, 7) is 1.72. The van der Waals surface area contributed by atoms with Gasteiger partial charge in [-0.1, -0.05) is 19.1 Å². The highest BCUT2D eigenvalue weighted by Crippen LogP contribution is 2.30. The van der Waals surface area contributed by atoms with E-state index in [1.165, 1.54) is 12.1 Å². The third-order valence-corrected chi connectivity index (χ3v) is 3.34. The van der Waals surface area contributed by atoms with Gasteiger partial charge in [-0.25, -0.2) is 9.97 Å². The van der Waals surface area contributed by atoms with Gasteiger partial charge in [0.25, 0.3) is 0 Å². The van der Waals surface area contributed by atoms with Crippen LogP contribution in [-0.2, 0) is 11.0 Å². The predicted molar refractivity (Wildman–Crippen MR) is 78.8 cm³/mol. The number of primary amides is 1. The van der Waals surface area contributed by atoms with Crippen LogP contribution < -0.4 is 5.73 Å². The quantitative estimate of drug-likeness (QED) is 0.919. The first-order chi connectivity index (χ1) is 10.8. The monoisotopic (exact) mass is 322 g/mol. The summed E-state index contributed by atoms with van der Waals surface area (Å²) in [7, 11) is 0. The van der Waals surface area contributed by atoms with E-state index in [0.717, 1.165) is 12.1 Å². The molecule has 0 aliphatic heterocycles. The van der Waals surface area contributed by atoms with E-state index in [0.29, 0.717) is 23.4 Å². The second-order valence-electron chi connectivity index (χ2n) is 5.16. The summed E-state index contributed by atoms with van der Waals surface area (Å²) < 4.78 is 37.5. The molecule has 23 heavy (non-hydrogen) atoms. The fourth-order valence-electron chi connectivity index (χ4n) is 1.83. The molecular formula is C16H15F3N3O. The van der Waals surface area contributed by atoms with E-state index in [9.17, 15) is 18.0 Å². The van der Waals surface area contributed by atoms with Gasteiger partial charge in [0.05, 0.1) is 5.56 Å². The van der Waals surface area contributed by atoms with Crippen LogP contribution in [0, 0.1) is 12.3 Å². The average molecular weight is 322 g/mol. The lowest BCUT2D eigenvalue weighted by molar-refractivity contribution is -0.137. The second kappa shape index (κ2) is 6.76. The number of nitrogens with two attached hydrogens (primary N) is 1. The molecule has 0 aliphatic rings. The normalized spacial score (nSPS) is 12.9. The fraction of sp³-hybridized carbons (Fsp3) is 0.250. The molecule has 0 spiro atoms. The van der Waals surface area contributed by atoms with Crippen molar-refractivity contribution in [2.75, 3.05) is 0 Å². The molecule has 0 aliphatic carbocycles. The highest BCUT2D eigenvalue weighted by molar-refractivity contribution is 5.76. The lowest BCUT2D eigenvalue weighted by Crippen LogP contribution is -2.20. The minimum Gasteiger partial charge on any atom is -0.369 e. The molecule has 2 aromatic rings. The van der Waals surface area contributed by atoms with Gasteiger partial charge in [0.1, 0.15) is 0 Å². The number of halogens is 3. The summed E-state index contributed by atoms with van der Waals surface area (Å²) in [6.07, 6.45) is 0.987. The molecule has 0 fully saturated rings. The summed E-state index contributed by atoms with van der Waals surface area (Å²) >= 11 is 0. The fourth-order valence-corrected chi connectivity index (χ4v) is 1.83. The summed E-state index contributed by atoms with van der Waals surface area (Å²) in [6, 6.07) is 4.65. The maximum absolute atomic E-state index is 12.5. The number of aromatic nitrogens is 2. The van der Waals surface area contributed by atoms with E-state index in [1.54, 1.807) is 25.7 Å². The number of carbonyl (C=O) groups is 1. The summed E-state index contributed by atoms with van der Waals surface area (Å²) in [5.74, 6) is -0.341. The average Bonchev–Trinajstić information content (AvgIpc) is 2.52. The first kappa shape index (κ1) is 16.9. The van der Waals surface area contributed by atoms with Gasteiger partial charge in [-0.3, -0.25) is 4.79 Å². The molecule has 0 saturated heterocycles. The molecular weight excluding hydrogens is 307 g/mol. The van der Waals surface area contributed by atoms with E-state index >= 15 is 0 Å². The minimum absolute atomic E-state index is 0.287. The Bertz CT molecular complexity index is 666. The summed E-state index contributed by atoms with van der Waals surface area (Å²) in [5.41, 5.74) is 5.67. The number of rotatable bonds is 5. The molecule has 1 atom stereocenters. The van der Waals surface area contributed by atoms with Crippen LogP contribution in [0.25, 0.3) is 11.4 Å². The van der Waals surface area contributed by atoms with Crippen molar-refractivity contribution < 1.29 is 18.0 Å². The van der Waals surface area contributed by atoms with Crippen LogP contribution in [0.3, 0.4) is 0 Å². The minimum atomic E-state index is -4.37. The highest BCUT2D eigenvalue weighted by Gasteiger charge is 2.30. The van der Waals surface area contributed by atoms with Gasteiger partial charge in [-0.2, -0.15) is 13.2 Å².